The lowest BCUT2D eigenvalue weighted by molar-refractivity contribution is 0.215. The number of hydrogen-bond acceptors (Lipinski definition) is 2. The lowest BCUT2D eigenvalue weighted by atomic mass is 10.0. The monoisotopic (exact) mass is 241 g/mol. The number of aliphatic hydroxyl groups excluding tert-OH is 1. The summed E-state index contributed by atoms with van der Waals surface area (Å²) in [5, 5.41) is 10.2. The van der Waals surface area contributed by atoms with E-state index in [0.717, 1.165) is 12.0 Å². The number of nitrogens with zero attached hydrogens (tertiary/aromatic N) is 1. The predicted molar refractivity (Wildman–Crippen MR) is 73.4 cm³/mol. The second-order valence-corrected chi connectivity index (χ2v) is 4.50. The lowest BCUT2D eigenvalue weighted by Gasteiger charge is -2.11. The summed E-state index contributed by atoms with van der Waals surface area (Å²) in [7, 11) is 0. The molecule has 2 aromatic rings. The van der Waals surface area contributed by atoms with Gasteiger partial charge in [0.25, 0.3) is 0 Å². The molecule has 1 atom stereocenters. The van der Waals surface area contributed by atoms with Crippen molar-refractivity contribution in [1.29, 1.82) is 0 Å². The minimum absolute atomic E-state index is 0.633. The van der Waals surface area contributed by atoms with Gasteiger partial charge in [-0.2, -0.15) is 0 Å². The zero-order valence-electron chi connectivity index (χ0n) is 10.7. The quantitative estimate of drug-likeness (QED) is 0.869. The number of unbranched alkanes of at least 4 members (excludes halogenated alkanes) is 1. The summed E-state index contributed by atoms with van der Waals surface area (Å²) in [6.45, 7) is 2.19. The number of aryl methyl sites for hydroxylation is 1. The van der Waals surface area contributed by atoms with Crippen LogP contribution in [0.5, 0.6) is 0 Å². The molecule has 0 aliphatic rings. The summed E-state index contributed by atoms with van der Waals surface area (Å²) in [5.41, 5.74) is 2.92. The Morgan fingerprint density at radius 3 is 2.50 bits per heavy atom. The van der Waals surface area contributed by atoms with Crippen molar-refractivity contribution < 1.29 is 5.11 Å². The van der Waals surface area contributed by atoms with Crippen LogP contribution in [-0.4, -0.2) is 10.1 Å². The van der Waals surface area contributed by atoms with E-state index >= 15 is 0 Å². The van der Waals surface area contributed by atoms with Crippen LogP contribution in [0, 0.1) is 0 Å². The second kappa shape index (κ2) is 6.31. The number of benzene rings is 1. The molecule has 0 saturated carbocycles. The average molecular weight is 241 g/mol. The molecule has 94 valence electrons. The molecule has 0 bridgehead atoms. The molecule has 1 heterocycles. The Labute approximate surface area is 108 Å². The third-order valence-electron chi connectivity index (χ3n) is 3.08. The zero-order chi connectivity index (χ0) is 12.8. The van der Waals surface area contributed by atoms with Crippen molar-refractivity contribution in [3.8, 4) is 0 Å². The Bertz CT molecular complexity index is 464. The molecular weight excluding hydrogens is 222 g/mol. The molecule has 0 saturated heterocycles. The van der Waals surface area contributed by atoms with Crippen LogP contribution in [0.25, 0.3) is 0 Å². The first-order chi connectivity index (χ1) is 8.81. The van der Waals surface area contributed by atoms with Gasteiger partial charge in [-0.25, -0.2) is 0 Å². The van der Waals surface area contributed by atoms with E-state index in [4.69, 9.17) is 0 Å². The van der Waals surface area contributed by atoms with Crippen LogP contribution < -0.4 is 0 Å². The topological polar surface area (TPSA) is 33.1 Å². The molecule has 0 spiro atoms. The minimum atomic E-state index is -0.633. The van der Waals surface area contributed by atoms with Gasteiger partial charge >= 0.3 is 0 Å². The first-order valence-corrected chi connectivity index (χ1v) is 6.49. The van der Waals surface area contributed by atoms with Crippen LogP contribution in [0.2, 0.25) is 0 Å². The van der Waals surface area contributed by atoms with Crippen molar-refractivity contribution in [1.82, 2.24) is 4.98 Å². The Kier molecular flexibility index (Phi) is 4.48. The van der Waals surface area contributed by atoms with Gasteiger partial charge in [0.05, 0.1) is 5.69 Å². The molecule has 2 heteroatoms. The van der Waals surface area contributed by atoms with E-state index in [2.05, 4.69) is 24.0 Å². The molecule has 2 nitrogen and oxygen atoms in total. The van der Waals surface area contributed by atoms with Crippen molar-refractivity contribution >= 4 is 0 Å². The van der Waals surface area contributed by atoms with E-state index in [0.29, 0.717) is 5.69 Å². The zero-order valence-corrected chi connectivity index (χ0v) is 10.7. The van der Waals surface area contributed by atoms with Gasteiger partial charge in [-0.3, -0.25) is 4.98 Å². The molecule has 0 unspecified atom stereocenters. The van der Waals surface area contributed by atoms with Crippen molar-refractivity contribution in [2.75, 3.05) is 0 Å². The van der Waals surface area contributed by atoms with Crippen LogP contribution in [0.1, 0.15) is 42.7 Å². The molecule has 0 aliphatic heterocycles. The summed E-state index contributed by atoms with van der Waals surface area (Å²) in [6.07, 6.45) is 4.59. The molecule has 1 aromatic heterocycles. The standard InChI is InChI=1S/C16H19NO/c1-2-3-6-13-8-10-14(11-9-13)16(18)15-7-4-5-12-17-15/h4-5,7-12,16,18H,2-3,6H2,1H3/t16-/m0/s1. The SMILES string of the molecule is CCCCc1ccc([C@H](O)c2ccccn2)cc1. The van der Waals surface area contributed by atoms with Gasteiger partial charge in [-0.1, -0.05) is 43.7 Å². The van der Waals surface area contributed by atoms with E-state index in [1.807, 2.05) is 30.3 Å². The first-order valence-electron chi connectivity index (χ1n) is 6.49. The van der Waals surface area contributed by atoms with Gasteiger partial charge in [0.2, 0.25) is 0 Å². The van der Waals surface area contributed by atoms with Gasteiger partial charge in [0.15, 0.2) is 0 Å². The number of aliphatic hydroxyl groups is 1. The summed E-state index contributed by atoms with van der Waals surface area (Å²) in [4.78, 5) is 4.18. The maximum absolute atomic E-state index is 10.2. The van der Waals surface area contributed by atoms with E-state index in [1.54, 1.807) is 6.20 Å². The Balaban J connectivity index is 2.09. The molecule has 0 aliphatic carbocycles. The number of hydrogen-bond donors (Lipinski definition) is 1. The van der Waals surface area contributed by atoms with Gasteiger partial charge in [-0.15, -0.1) is 0 Å². The highest BCUT2D eigenvalue weighted by Crippen LogP contribution is 2.20. The van der Waals surface area contributed by atoms with Crippen molar-refractivity contribution in [3.05, 3.63) is 65.5 Å². The fourth-order valence-electron chi connectivity index (χ4n) is 1.96. The van der Waals surface area contributed by atoms with Crippen LogP contribution in [-0.2, 0) is 6.42 Å². The minimum Gasteiger partial charge on any atom is -0.382 e. The third-order valence-corrected chi connectivity index (χ3v) is 3.08. The molecular formula is C16H19NO. The molecule has 1 aromatic carbocycles. The average Bonchev–Trinajstić information content (AvgIpc) is 2.46. The highest BCUT2D eigenvalue weighted by atomic mass is 16.3. The van der Waals surface area contributed by atoms with Crippen molar-refractivity contribution in [3.63, 3.8) is 0 Å². The highest BCUT2D eigenvalue weighted by Gasteiger charge is 2.10. The number of aromatic nitrogens is 1. The van der Waals surface area contributed by atoms with Crippen molar-refractivity contribution in [2.24, 2.45) is 0 Å². The van der Waals surface area contributed by atoms with Gasteiger partial charge in [-0.05, 0) is 36.1 Å². The lowest BCUT2D eigenvalue weighted by Crippen LogP contribution is -2.01. The third kappa shape index (κ3) is 3.17. The van der Waals surface area contributed by atoms with Crippen molar-refractivity contribution in [2.45, 2.75) is 32.3 Å². The molecule has 0 radical (unpaired) electrons. The largest absolute Gasteiger partial charge is 0.382 e. The van der Waals surface area contributed by atoms with E-state index in [9.17, 15) is 5.11 Å². The molecule has 18 heavy (non-hydrogen) atoms. The molecule has 2 rings (SSSR count). The second-order valence-electron chi connectivity index (χ2n) is 4.50. The Hall–Kier alpha value is -1.67. The van der Waals surface area contributed by atoms with Crippen LogP contribution in [0.3, 0.4) is 0 Å². The predicted octanol–water partition coefficient (Wildman–Crippen LogP) is 3.51. The number of rotatable bonds is 5. The van der Waals surface area contributed by atoms with Crippen LogP contribution in [0.15, 0.2) is 48.7 Å². The smallest absolute Gasteiger partial charge is 0.121 e. The van der Waals surface area contributed by atoms with E-state index in [1.165, 1.54) is 18.4 Å². The maximum Gasteiger partial charge on any atom is 0.121 e. The fourth-order valence-corrected chi connectivity index (χ4v) is 1.96. The van der Waals surface area contributed by atoms with E-state index in [-0.39, 0.29) is 0 Å². The maximum atomic E-state index is 10.2. The van der Waals surface area contributed by atoms with Crippen LogP contribution in [0.4, 0.5) is 0 Å². The molecule has 0 fully saturated rings. The summed E-state index contributed by atoms with van der Waals surface area (Å²) in [5.74, 6) is 0. The summed E-state index contributed by atoms with van der Waals surface area (Å²) < 4.78 is 0. The van der Waals surface area contributed by atoms with Gasteiger partial charge < -0.3 is 5.11 Å². The molecule has 1 N–H and O–H groups in total. The summed E-state index contributed by atoms with van der Waals surface area (Å²) >= 11 is 0. The highest BCUT2D eigenvalue weighted by molar-refractivity contribution is 5.29. The normalized spacial score (nSPS) is 12.3. The molecule has 0 amide bonds. The summed E-state index contributed by atoms with van der Waals surface area (Å²) in [6, 6.07) is 13.8. The number of pyridine rings is 1. The van der Waals surface area contributed by atoms with Gasteiger partial charge in [0.1, 0.15) is 6.10 Å². The van der Waals surface area contributed by atoms with E-state index < -0.39 is 6.10 Å². The Morgan fingerprint density at radius 1 is 1.11 bits per heavy atom. The van der Waals surface area contributed by atoms with Crippen LogP contribution >= 0.6 is 0 Å². The fraction of sp³-hybridized carbons (Fsp3) is 0.312. The van der Waals surface area contributed by atoms with Gasteiger partial charge in [0, 0.05) is 6.20 Å². The first kappa shape index (κ1) is 12.8. The Morgan fingerprint density at radius 2 is 1.89 bits per heavy atom.